The Morgan fingerprint density at radius 1 is 1.12 bits per heavy atom. The Morgan fingerprint density at radius 2 is 2.04 bits per heavy atom. The Labute approximate surface area is 151 Å². The average Bonchev–Trinajstić information content (AvgIpc) is 3.46. The Balaban J connectivity index is 1.41. The summed E-state index contributed by atoms with van der Waals surface area (Å²) in [6.45, 7) is 1.63. The van der Waals surface area contributed by atoms with Crippen LogP contribution >= 0.6 is 0 Å². The van der Waals surface area contributed by atoms with E-state index in [1.54, 1.807) is 6.20 Å². The van der Waals surface area contributed by atoms with Crippen LogP contribution in [-0.4, -0.2) is 43.5 Å². The van der Waals surface area contributed by atoms with Gasteiger partial charge in [0, 0.05) is 54.6 Å². The summed E-state index contributed by atoms with van der Waals surface area (Å²) in [6, 6.07) is 8.01. The summed E-state index contributed by atoms with van der Waals surface area (Å²) in [4.78, 5) is 23.3. The van der Waals surface area contributed by atoms with Crippen molar-refractivity contribution in [2.24, 2.45) is 5.92 Å². The number of pyridine rings is 2. The molecule has 1 saturated heterocycles. The predicted molar refractivity (Wildman–Crippen MR) is 97.5 cm³/mol. The number of aromatic nitrogens is 4. The summed E-state index contributed by atoms with van der Waals surface area (Å²) in [5, 5.41) is 4.72. The second-order valence-electron chi connectivity index (χ2n) is 7.33. The summed E-state index contributed by atoms with van der Waals surface area (Å²) in [6.07, 6.45) is 9.81. The van der Waals surface area contributed by atoms with E-state index in [9.17, 15) is 4.79 Å². The van der Waals surface area contributed by atoms with Crippen LogP contribution in [0.1, 0.15) is 37.4 Å². The summed E-state index contributed by atoms with van der Waals surface area (Å²) >= 11 is 0. The maximum Gasteiger partial charge on any atom is 0.225 e. The fraction of sp³-hybridized carbons (Fsp3) is 0.400. The van der Waals surface area contributed by atoms with Crippen molar-refractivity contribution < 1.29 is 4.79 Å². The molecule has 2 aliphatic rings. The van der Waals surface area contributed by atoms with Crippen molar-refractivity contribution in [3.63, 3.8) is 0 Å². The number of nitrogens with zero attached hydrogens (tertiary/aromatic N) is 5. The molecule has 5 rings (SSSR count). The molecule has 1 aliphatic carbocycles. The molecule has 0 radical (unpaired) electrons. The lowest BCUT2D eigenvalue weighted by molar-refractivity contribution is -0.133. The van der Waals surface area contributed by atoms with Crippen molar-refractivity contribution in [3.8, 4) is 11.1 Å². The molecule has 0 aromatic carbocycles. The van der Waals surface area contributed by atoms with E-state index < -0.39 is 0 Å². The van der Waals surface area contributed by atoms with Crippen LogP contribution in [0.4, 0.5) is 0 Å². The number of hydrogen-bond donors (Lipinski definition) is 0. The molecule has 6 nitrogen and oxygen atoms in total. The van der Waals surface area contributed by atoms with Crippen LogP contribution in [0.3, 0.4) is 0 Å². The third kappa shape index (κ3) is 2.85. The lowest BCUT2D eigenvalue weighted by Gasteiger charge is -2.31. The van der Waals surface area contributed by atoms with Gasteiger partial charge >= 0.3 is 0 Å². The summed E-state index contributed by atoms with van der Waals surface area (Å²) in [7, 11) is 0. The Morgan fingerprint density at radius 3 is 2.85 bits per heavy atom. The Kier molecular flexibility index (Phi) is 3.69. The number of carbonyl (C=O) groups excluding carboxylic acids is 1. The van der Waals surface area contributed by atoms with E-state index in [1.165, 1.54) is 0 Å². The van der Waals surface area contributed by atoms with Crippen molar-refractivity contribution in [3.05, 3.63) is 48.7 Å². The van der Waals surface area contributed by atoms with Gasteiger partial charge < -0.3 is 4.90 Å². The van der Waals surface area contributed by atoms with E-state index in [0.717, 1.165) is 61.4 Å². The molecule has 1 saturated carbocycles. The minimum Gasteiger partial charge on any atom is -0.342 e. The summed E-state index contributed by atoms with van der Waals surface area (Å²) in [5.41, 5.74) is 2.97. The molecule has 6 heteroatoms. The lowest BCUT2D eigenvalue weighted by atomic mass is 9.97. The van der Waals surface area contributed by atoms with Crippen molar-refractivity contribution >= 4 is 11.6 Å². The van der Waals surface area contributed by atoms with Gasteiger partial charge in [0.15, 0.2) is 11.5 Å². The van der Waals surface area contributed by atoms with E-state index in [4.69, 9.17) is 10.1 Å². The van der Waals surface area contributed by atoms with Gasteiger partial charge in [-0.25, -0.2) is 9.50 Å². The SMILES string of the molecule is O=C(C1CC1)N1CCC[C@@H](c2nc3ccc(-c4cccnc4)cn3n2)C1. The van der Waals surface area contributed by atoms with Gasteiger partial charge in [-0.2, -0.15) is 5.10 Å². The molecule has 26 heavy (non-hydrogen) atoms. The van der Waals surface area contributed by atoms with E-state index in [1.807, 2.05) is 40.0 Å². The molecule has 0 spiro atoms. The van der Waals surface area contributed by atoms with Crippen LogP contribution in [0.25, 0.3) is 16.8 Å². The molecule has 0 bridgehead atoms. The number of piperidine rings is 1. The number of rotatable bonds is 3. The highest BCUT2D eigenvalue weighted by Gasteiger charge is 2.36. The van der Waals surface area contributed by atoms with Crippen LogP contribution in [0, 0.1) is 5.92 Å². The highest BCUT2D eigenvalue weighted by molar-refractivity contribution is 5.81. The van der Waals surface area contributed by atoms with Gasteiger partial charge in [-0.3, -0.25) is 9.78 Å². The van der Waals surface area contributed by atoms with Gasteiger partial charge in [-0.05, 0) is 43.9 Å². The second-order valence-corrected chi connectivity index (χ2v) is 7.33. The third-order valence-electron chi connectivity index (χ3n) is 5.37. The first kappa shape index (κ1) is 15.5. The fourth-order valence-corrected chi connectivity index (χ4v) is 3.75. The molecule has 1 aliphatic heterocycles. The standard InChI is InChI=1S/C20H21N5O/c26-20(14-5-6-14)24-10-2-4-17(12-24)19-22-18-8-7-16(13-25(18)23-19)15-3-1-9-21-11-15/h1,3,7-9,11,13-14,17H,2,4-6,10,12H2/t17-/m1/s1. The highest BCUT2D eigenvalue weighted by Crippen LogP contribution is 2.34. The third-order valence-corrected chi connectivity index (χ3v) is 5.37. The first-order valence-electron chi connectivity index (χ1n) is 9.33. The number of carbonyl (C=O) groups is 1. The first-order chi connectivity index (χ1) is 12.8. The van der Waals surface area contributed by atoms with Crippen LogP contribution in [0.2, 0.25) is 0 Å². The number of amides is 1. The predicted octanol–water partition coefficient (Wildman–Crippen LogP) is 2.91. The van der Waals surface area contributed by atoms with Gasteiger partial charge in [0.2, 0.25) is 5.91 Å². The lowest BCUT2D eigenvalue weighted by Crippen LogP contribution is -2.40. The smallest absolute Gasteiger partial charge is 0.225 e. The van der Waals surface area contributed by atoms with Gasteiger partial charge in [0.1, 0.15) is 0 Å². The quantitative estimate of drug-likeness (QED) is 0.731. The molecular formula is C20H21N5O. The fourth-order valence-electron chi connectivity index (χ4n) is 3.75. The Bertz CT molecular complexity index is 947. The van der Waals surface area contributed by atoms with Gasteiger partial charge in [0.05, 0.1) is 0 Å². The van der Waals surface area contributed by atoms with E-state index in [2.05, 4.69) is 11.1 Å². The van der Waals surface area contributed by atoms with Gasteiger partial charge in [-0.15, -0.1) is 0 Å². The van der Waals surface area contributed by atoms with Crippen molar-refractivity contribution in [1.29, 1.82) is 0 Å². The zero-order valence-electron chi connectivity index (χ0n) is 14.6. The number of likely N-dealkylation sites (tertiary alicyclic amines) is 1. The normalized spacial score (nSPS) is 20.5. The summed E-state index contributed by atoms with van der Waals surface area (Å²) in [5.74, 6) is 1.69. The molecule has 4 heterocycles. The largest absolute Gasteiger partial charge is 0.342 e. The van der Waals surface area contributed by atoms with Crippen LogP contribution in [0.5, 0.6) is 0 Å². The van der Waals surface area contributed by atoms with Gasteiger partial charge in [0.25, 0.3) is 0 Å². The minimum atomic E-state index is 0.230. The molecule has 1 atom stereocenters. The average molecular weight is 347 g/mol. The van der Waals surface area contributed by atoms with Crippen LogP contribution < -0.4 is 0 Å². The molecule has 3 aromatic rings. The zero-order valence-corrected chi connectivity index (χ0v) is 14.6. The molecule has 1 amide bonds. The van der Waals surface area contributed by atoms with Gasteiger partial charge in [-0.1, -0.05) is 6.07 Å². The Hall–Kier alpha value is -2.76. The highest BCUT2D eigenvalue weighted by atomic mass is 16.2. The zero-order chi connectivity index (χ0) is 17.5. The molecule has 0 N–H and O–H groups in total. The molecule has 2 fully saturated rings. The van der Waals surface area contributed by atoms with E-state index in [0.29, 0.717) is 5.91 Å². The van der Waals surface area contributed by atoms with E-state index in [-0.39, 0.29) is 11.8 Å². The van der Waals surface area contributed by atoms with Crippen molar-refractivity contribution in [2.45, 2.75) is 31.6 Å². The maximum atomic E-state index is 12.4. The molecular weight excluding hydrogens is 326 g/mol. The van der Waals surface area contributed by atoms with E-state index >= 15 is 0 Å². The van der Waals surface area contributed by atoms with Crippen LogP contribution in [-0.2, 0) is 4.79 Å². The number of hydrogen-bond acceptors (Lipinski definition) is 4. The first-order valence-corrected chi connectivity index (χ1v) is 9.33. The number of fused-ring (bicyclic) bond motifs is 1. The monoisotopic (exact) mass is 347 g/mol. The second kappa shape index (κ2) is 6.20. The van der Waals surface area contributed by atoms with Crippen LogP contribution in [0.15, 0.2) is 42.9 Å². The summed E-state index contributed by atoms with van der Waals surface area (Å²) < 4.78 is 1.85. The molecule has 0 unspecified atom stereocenters. The topological polar surface area (TPSA) is 63.4 Å². The molecule has 3 aromatic heterocycles. The van der Waals surface area contributed by atoms with Crippen molar-refractivity contribution in [1.82, 2.24) is 24.5 Å². The van der Waals surface area contributed by atoms with Crippen molar-refractivity contribution in [2.75, 3.05) is 13.1 Å². The molecule has 132 valence electrons. The maximum absolute atomic E-state index is 12.4. The minimum absolute atomic E-state index is 0.230.